The van der Waals surface area contributed by atoms with Crippen LogP contribution in [-0.4, -0.2) is 56.1 Å². The molecule has 2 heterocycles. The number of carbonyl (C=O) groups excluding carboxylic acids is 1. The van der Waals surface area contributed by atoms with Crippen LogP contribution in [0.2, 0.25) is 5.02 Å². The highest BCUT2D eigenvalue weighted by atomic mass is 35.5. The second kappa shape index (κ2) is 10.6. The Kier molecular flexibility index (Phi) is 7.73. The average molecular weight is 524 g/mol. The molecule has 0 bridgehead atoms. The highest BCUT2D eigenvalue weighted by molar-refractivity contribution is 7.89. The molecule has 0 N–H and O–H groups in total. The molecule has 0 spiro atoms. The van der Waals surface area contributed by atoms with Gasteiger partial charge in [-0.15, -0.1) is 0 Å². The fraction of sp³-hybridized carbons (Fsp3) is 0.391. The van der Waals surface area contributed by atoms with Crippen molar-refractivity contribution in [1.82, 2.24) is 8.87 Å². The maximum Gasteiger partial charge on any atom is 0.266 e. The van der Waals surface area contributed by atoms with E-state index >= 15 is 0 Å². The minimum Gasteiger partial charge on any atom is -0.497 e. The van der Waals surface area contributed by atoms with Gasteiger partial charge >= 0.3 is 0 Å². The van der Waals surface area contributed by atoms with Crippen LogP contribution in [0.15, 0.2) is 52.4 Å². The normalized spacial score (nSPS) is 17.5. The molecule has 34 heavy (non-hydrogen) atoms. The van der Waals surface area contributed by atoms with Gasteiger partial charge in [0.15, 0.2) is 4.80 Å². The molecule has 182 valence electrons. The summed E-state index contributed by atoms with van der Waals surface area (Å²) >= 11 is 7.50. The number of benzene rings is 2. The Morgan fingerprint density at radius 3 is 2.71 bits per heavy atom. The topological polar surface area (TPSA) is 90.2 Å². The zero-order chi connectivity index (χ0) is 24.3. The van der Waals surface area contributed by atoms with E-state index in [1.165, 1.54) is 34.9 Å². The summed E-state index contributed by atoms with van der Waals surface area (Å²) in [6.07, 6.45) is 1.01. The number of hydrogen-bond acceptors (Lipinski definition) is 6. The average Bonchev–Trinajstić information content (AvgIpc) is 3.45. The predicted molar refractivity (Wildman–Crippen MR) is 132 cm³/mol. The van der Waals surface area contributed by atoms with Crippen LogP contribution in [0.5, 0.6) is 5.75 Å². The van der Waals surface area contributed by atoms with Gasteiger partial charge in [-0.3, -0.25) is 4.79 Å². The van der Waals surface area contributed by atoms with Crippen molar-refractivity contribution in [2.45, 2.75) is 37.2 Å². The van der Waals surface area contributed by atoms with Gasteiger partial charge in [0.05, 0.1) is 28.8 Å². The van der Waals surface area contributed by atoms with Gasteiger partial charge in [-0.1, -0.05) is 22.9 Å². The summed E-state index contributed by atoms with van der Waals surface area (Å²) in [5.41, 5.74) is 0.898. The van der Waals surface area contributed by atoms with Crippen LogP contribution < -0.4 is 9.54 Å². The summed E-state index contributed by atoms with van der Waals surface area (Å²) < 4.78 is 41.2. The number of halogens is 1. The molecule has 1 aliphatic heterocycles. The molecule has 4 rings (SSSR count). The van der Waals surface area contributed by atoms with Crippen LogP contribution in [-0.2, 0) is 26.1 Å². The van der Waals surface area contributed by atoms with E-state index in [-0.39, 0.29) is 11.4 Å². The maximum absolute atomic E-state index is 13.3. The van der Waals surface area contributed by atoms with E-state index in [0.29, 0.717) is 48.2 Å². The van der Waals surface area contributed by atoms with Gasteiger partial charge in [-0.05, 0) is 62.2 Å². The summed E-state index contributed by atoms with van der Waals surface area (Å²) in [6.45, 7) is 3.75. The van der Waals surface area contributed by atoms with Crippen molar-refractivity contribution in [2.75, 3.05) is 26.9 Å². The first-order chi connectivity index (χ1) is 16.3. The van der Waals surface area contributed by atoms with Crippen molar-refractivity contribution in [3.8, 4) is 5.75 Å². The number of ether oxygens (including phenoxy) is 2. The molecule has 3 aromatic rings. The number of amides is 1. The van der Waals surface area contributed by atoms with Crippen LogP contribution in [0.25, 0.3) is 10.2 Å². The first-order valence-corrected chi connectivity index (χ1v) is 13.6. The summed E-state index contributed by atoms with van der Waals surface area (Å²) in [4.78, 5) is 18.3. The highest BCUT2D eigenvalue weighted by Crippen LogP contribution is 2.28. The fourth-order valence-corrected chi connectivity index (χ4v) is 6.96. The zero-order valence-corrected chi connectivity index (χ0v) is 21.3. The first-order valence-electron chi connectivity index (χ1n) is 11.0. The number of methoxy groups -OCH3 is 1. The van der Waals surface area contributed by atoms with Crippen molar-refractivity contribution in [3.05, 3.63) is 52.3 Å². The summed E-state index contributed by atoms with van der Waals surface area (Å²) in [5.74, 6) is 0.0851. The zero-order valence-electron chi connectivity index (χ0n) is 18.9. The molecule has 8 nitrogen and oxygen atoms in total. The van der Waals surface area contributed by atoms with Crippen molar-refractivity contribution in [2.24, 2.45) is 4.99 Å². The molecule has 1 saturated heterocycles. The minimum atomic E-state index is -3.85. The molecular formula is C23H26ClN3O5S2. The molecule has 1 aliphatic rings. The lowest BCUT2D eigenvalue weighted by molar-refractivity contribution is -0.121. The second-order valence-electron chi connectivity index (χ2n) is 7.74. The van der Waals surface area contributed by atoms with Crippen LogP contribution in [0.1, 0.15) is 19.8 Å². The Morgan fingerprint density at radius 2 is 2.00 bits per heavy atom. The number of hydrogen-bond donors (Lipinski definition) is 0. The van der Waals surface area contributed by atoms with Crippen LogP contribution in [0.4, 0.5) is 0 Å². The molecule has 2 aromatic carbocycles. The number of sulfonamides is 1. The van der Waals surface area contributed by atoms with Gasteiger partial charge in [0.1, 0.15) is 11.8 Å². The Hall–Kier alpha value is -2.24. The monoisotopic (exact) mass is 523 g/mol. The molecule has 0 radical (unpaired) electrons. The van der Waals surface area contributed by atoms with Gasteiger partial charge in [0.25, 0.3) is 5.91 Å². The Bertz CT molecular complexity index is 1350. The summed E-state index contributed by atoms with van der Waals surface area (Å²) in [7, 11) is -2.34. The molecule has 1 amide bonds. The minimum absolute atomic E-state index is 0.122. The molecule has 1 aromatic heterocycles. The number of nitrogens with zero attached hydrogens (tertiary/aromatic N) is 3. The van der Waals surface area contributed by atoms with Gasteiger partial charge in [-0.2, -0.15) is 9.30 Å². The third-order valence-corrected chi connectivity index (χ3v) is 8.87. The van der Waals surface area contributed by atoms with E-state index < -0.39 is 22.0 Å². The third kappa shape index (κ3) is 5.06. The van der Waals surface area contributed by atoms with Crippen molar-refractivity contribution >= 4 is 49.1 Å². The van der Waals surface area contributed by atoms with Crippen LogP contribution >= 0.6 is 22.9 Å². The number of rotatable bonds is 8. The largest absolute Gasteiger partial charge is 0.497 e. The van der Waals surface area contributed by atoms with Gasteiger partial charge in [-0.25, -0.2) is 8.42 Å². The van der Waals surface area contributed by atoms with Gasteiger partial charge < -0.3 is 14.0 Å². The molecule has 1 fully saturated rings. The molecular weight excluding hydrogens is 498 g/mol. The highest BCUT2D eigenvalue weighted by Gasteiger charge is 2.39. The number of fused-ring (bicyclic) bond motifs is 1. The standard InChI is InChI=1S/C23H26ClN3O5S2/c1-3-32-14-13-26-19-11-6-16(24)15-21(19)33-23(26)25-22(28)20-5-4-12-27(20)34(29,30)18-9-7-17(31-2)8-10-18/h6-11,15,20H,3-5,12-14H2,1-2H3. The number of aromatic nitrogens is 1. The Morgan fingerprint density at radius 1 is 1.24 bits per heavy atom. The molecule has 0 aliphatic carbocycles. The Labute approximate surface area is 207 Å². The van der Waals surface area contributed by atoms with E-state index in [0.717, 1.165) is 10.2 Å². The van der Waals surface area contributed by atoms with E-state index in [1.807, 2.05) is 23.6 Å². The molecule has 1 unspecified atom stereocenters. The predicted octanol–water partition coefficient (Wildman–Crippen LogP) is 3.68. The summed E-state index contributed by atoms with van der Waals surface area (Å²) in [6, 6.07) is 10.8. The lowest BCUT2D eigenvalue weighted by atomic mass is 10.2. The van der Waals surface area contributed by atoms with Crippen LogP contribution in [0.3, 0.4) is 0 Å². The molecule has 11 heteroatoms. The lowest BCUT2D eigenvalue weighted by Crippen LogP contribution is -2.40. The number of carbonyl (C=O) groups is 1. The van der Waals surface area contributed by atoms with E-state index in [1.54, 1.807) is 18.2 Å². The molecule has 0 saturated carbocycles. The van der Waals surface area contributed by atoms with Gasteiger partial charge in [0.2, 0.25) is 10.0 Å². The van der Waals surface area contributed by atoms with Crippen molar-refractivity contribution < 1.29 is 22.7 Å². The quantitative estimate of drug-likeness (QED) is 0.420. The van der Waals surface area contributed by atoms with E-state index in [4.69, 9.17) is 21.1 Å². The smallest absolute Gasteiger partial charge is 0.266 e. The summed E-state index contributed by atoms with van der Waals surface area (Å²) in [5, 5.41) is 0.594. The lowest BCUT2D eigenvalue weighted by Gasteiger charge is -2.21. The van der Waals surface area contributed by atoms with E-state index in [9.17, 15) is 13.2 Å². The van der Waals surface area contributed by atoms with Crippen molar-refractivity contribution in [1.29, 1.82) is 0 Å². The van der Waals surface area contributed by atoms with E-state index in [2.05, 4.69) is 4.99 Å². The van der Waals surface area contributed by atoms with Gasteiger partial charge in [0, 0.05) is 24.7 Å². The fourth-order valence-electron chi connectivity index (χ4n) is 3.98. The Balaban J connectivity index is 1.68. The number of thiazole rings is 1. The first kappa shape index (κ1) is 24.9. The van der Waals surface area contributed by atoms with Crippen LogP contribution in [0, 0.1) is 0 Å². The SMILES string of the molecule is CCOCCn1c(=NC(=O)C2CCCN2S(=O)(=O)c2ccc(OC)cc2)sc2cc(Cl)ccc21. The maximum atomic E-state index is 13.3. The molecule has 1 atom stereocenters. The third-order valence-electron chi connectivity index (χ3n) is 5.67. The van der Waals surface area contributed by atoms with Crippen molar-refractivity contribution in [3.63, 3.8) is 0 Å². The second-order valence-corrected chi connectivity index (χ2v) is 11.1.